The zero-order valence-corrected chi connectivity index (χ0v) is 11.3. The van der Waals surface area contributed by atoms with Gasteiger partial charge in [0.15, 0.2) is 0 Å². The van der Waals surface area contributed by atoms with Crippen molar-refractivity contribution in [2.75, 3.05) is 0 Å². The molecule has 0 aromatic rings. The first-order valence-corrected chi connectivity index (χ1v) is 7.41. The molecular weight excluding hydrogens is 218 g/mol. The van der Waals surface area contributed by atoms with Crippen molar-refractivity contribution in [2.45, 2.75) is 83.0 Å². The molecule has 2 fully saturated rings. The van der Waals surface area contributed by atoms with Crippen molar-refractivity contribution in [3.8, 4) is 0 Å². The summed E-state index contributed by atoms with van der Waals surface area (Å²) in [6, 6.07) is 0. The minimum absolute atomic E-state index is 0.0828. The fraction of sp³-hybridized carbons (Fsp3) is 1.00. The highest BCUT2D eigenvalue weighted by Crippen LogP contribution is 2.52. The molecule has 0 saturated heterocycles. The van der Waals surface area contributed by atoms with Gasteiger partial charge in [-0.1, -0.05) is 46.0 Å². The highest BCUT2D eigenvalue weighted by molar-refractivity contribution is 5.03. The second kappa shape index (κ2) is 4.85. The largest absolute Gasteiger partial charge is 0.243 e. The van der Waals surface area contributed by atoms with E-state index in [1.165, 1.54) is 0 Å². The van der Waals surface area contributed by atoms with E-state index in [0.29, 0.717) is 19.3 Å². The number of alkyl halides is 2. The van der Waals surface area contributed by atoms with Crippen LogP contribution in [-0.2, 0) is 0 Å². The first-order chi connectivity index (χ1) is 8.03. The highest BCUT2D eigenvalue weighted by atomic mass is 19.2. The highest BCUT2D eigenvalue weighted by Gasteiger charge is 2.54. The third kappa shape index (κ3) is 2.24. The van der Waals surface area contributed by atoms with Gasteiger partial charge in [0.05, 0.1) is 0 Å². The van der Waals surface area contributed by atoms with Crippen molar-refractivity contribution in [3.63, 3.8) is 0 Å². The molecule has 0 amide bonds. The molecule has 3 atom stereocenters. The van der Waals surface area contributed by atoms with Crippen molar-refractivity contribution in [1.29, 1.82) is 0 Å². The molecule has 0 spiro atoms. The second-order valence-corrected chi connectivity index (χ2v) is 6.24. The molecule has 0 aromatic heterocycles. The molecule has 0 heterocycles. The van der Waals surface area contributed by atoms with E-state index in [2.05, 4.69) is 6.92 Å². The van der Waals surface area contributed by atoms with Gasteiger partial charge in [-0.3, -0.25) is 0 Å². The minimum Gasteiger partial charge on any atom is -0.243 e. The van der Waals surface area contributed by atoms with Crippen molar-refractivity contribution in [1.82, 2.24) is 0 Å². The van der Waals surface area contributed by atoms with Crippen LogP contribution < -0.4 is 0 Å². The number of halogens is 2. The monoisotopic (exact) mass is 244 g/mol. The number of rotatable bonds is 3. The standard InChI is InChI=1S/C15H26F2/c1-3-13-8-4-5-11-15(13,17)12(2)14(16)9-6-7-10-14/h12-13H,3-11H2,1-2H3. The van der Waals surface area contributed by atoms with E-state index in [-0.39, 0.29) is 5.92 Å². The molecule has 100 valence electrons. The Bertz CT molecular complexity index is 258. The predicted molar refractivity (Wildman–Crippen MR) is 67.6 cm³/mol. The molecule has 0 aromatic carbocycles. The van der Waals surface area contributed by atoms with E-state index in [9.17, 15) is 4.39 Å². The van der Waals surface area contributed by atoms with Gasteiger partial charge in [0, 0.05) is 5.92 Å². The lowest BCUT2D eigenvalue weighted by Crippen LogP contribution is -2.50. The lowest BCUT2D eigenvalue weighted by Gasteiger charge is -2.46. The zero-order valence-electron chi connectivity index (χ0n) is 11.3. The van der Waals surface area contributed by atoms with E-state index < -0.39 is 17.3 Å². The van der Waals surface area contributed by atoms with Gasteiger partial charge in [0.2, 0.25) is 0 Å². The summed E-state index contributed by atoms with van der Waals surface area (Å²) < 4.78 is 30.1. The topological polar surface area (TPSA) is 0 Å². The van der Waals surface area contributed by atoms with Crippen LogP contribution in [0.3, 0.4) is 0 Å². The number of hydrogen-bond donors (Lipinski definition) is 0. The van der Waals surface area contributed by atoms with E-state index >= 15 is 4.39 Å². The van der Waals surface area contributed by atoms with Gasteiger partial charge in [-0.2, -0.15) is 0 Å². The van der Waals surface area contributed by atoms with Gasteiger partial charge in [0.25, 0.3) is 0 Å². The average Bonchev–Trinajstić information content (AvgIpc) is 2.77. The van der Waals surface area contributed by atoms with E-state index in [1.54, 1.807) is 0 Å². The van der Waals surface area contributed by atoms with Crippen LogP contribution >= 0.6 is 0 Å². The maximum atomic E-state index is 15.3. The first kappa shape index (κ1) is 13.3. The maximum absolute atomic E-state index is 15.3. The summed E-state index contributed by atoms with van der Waals surface area (Å²) in [6.45, 7) is 3.88. The SMILES string of the molecule is CCC1CCCCC1(F)C(C)C1(F)CCCC1. The van der Waals surface area contributed by atoms with Gasteiger partial charge < -0.3 is 0 Å². The third-order valence-electron chi connectivity index (χ3n) is 5.46. The van der Waals surface area contributed by atoms with Crippen molar-refractivity contribution < 1.29 is 8.78 Å². The molecule has 0 nitrogen and oxygen atoms in total. The Morgan fingerprint density at radius 3 is 2.24 bits per heavy atom. The van der Waals surface area contributed by atoms with Crippen LogP contribution in [0.1, 0.15) is 71.6 Å². The van der Waals surface area contributed by atoms with Crippen LogP contribution in [0.2, 0.25) is 0 Å². The van der Waals surface area contributed by atoms with Crippen molar-refractivity contribution in [3.05, 3.63) is 0 Å². The minimum atomic E-state index is -1.24. The molecule has 0 aliphatic heterocycles. The molecule has 2 aliphatic carbocycles. The molecule has 0 radical (unpaired) electrons. The zero-order chi connectivity index (χ0) is 12.5. The lowest BCUT2D eigenvalue weighted by molar-refractivity contribution is -0.0798. The normalized spacial score (nSPS) is 39.2. The Labute approximate surface area is 104 Å². The molecule has 2 saturated carbocycles. The Morgan fingerprint density at radius 1 is 1.06 bits per heavy atom. The fourth-order valence-electron chi connectivity index (χ4n) is 4.17. The number of hydrogen-bond acceptors (Lipinski definition) is 0. The smallest absolute Gasteiger partial charge is 0.119 e. The summed E-state index contributed by atoms with van der Waals surface area (Å²) >= 11 is 0. The van der Waals surface area contributed by atoms with E-state index in [0.717, 1.165) is 38.5 Å². The predicted octanol–water partition coefficient (Wildman–Crippen LogP) is 5.21. The summed E-state index contributed by atoms with van der Waals surface area (Å²) in [5.41, 5.74) is -2.47. The molecule has 17 heavy (non-hydrogen) atoms. The Morgan fingerprint density at radius 2 is 1.65 bits per heavy atom. The van der Waals surface area contributed by atoms with Crippen molar-refractivity contribution in [2.24, 2.45) is 11.8 Å². The average molecular weight is 244 g/mol. The summed E-state index contributed by atoms with van der Waals surface area (Å²) in [5.74, 6) is -0.331. The molecule has 0 N–H and O–H groups in total. The first-order valence-electron chi connectivity index (χ1n) is 7.41. The van der Waals surface area contributed by atoms with Gasteiger partial charge >= 0.3 is 0 Å². The van der Waals surface area contributed by atoms with Crippen LogP contribution in [0.15, 0.2) is 0 Å². The van der Waals surface area contributed by atoms with E-state index in [1.807, 2.05) is 6.92 Å². The molecule has 2 rings (SSSR count). The van der Waals surface area contributed by atoms with E-state index in [4.69, 9.17) is 0 Å². The molecular formula is C15H26F2. The van der Waals surface area contributed by atoms with Crippen LogP contribution in [0.5, 0.6) is 0 Å². The van der Waals surface area contributed by atoms with Crippen LogP contribution in [0.4, 0.5) is 8.78 Å². The lowest BCUT2D eigenvalue weighted by atomic mass is 9.64. The fourth-order valence-corrected chi connectivity index (χ4v) is 4.17. The summed E-state index contributed by atoms with van der Waals surface area (Å²) in [5, 5.41) is 0. The van der Waals surface area contributed by atoms with Gasteiger partial charge in [-0.25, -0.2) is 8.78 Å². The van der Waals surface area contributed by atoms with Crippen LogP contribution in [0, 0.1) is 11.8 Å². The molecule has 2 heteroatoms. The van der Waals surface area contributed by atoms with Gasteiger partial charge in [0.1, 0.15) is 11.3 Å². The maximum Gasteiger partial charge on any atom is 0.119 e. The molecule has 2 aliphatic rings. The van der Waals surface area contributed by atoms with Crippen molar-refractivity contribution >= 4 is 0 Å². The Balaban J connectivity index is 2.17. The second-order valence-electron chi connectivity index (χ2n) is 6.24. The summed E-state index contributed by atoms with van der Waals surface area (Å²) in [4.78, 5) is 0. The van der Waals surface area contributed by atoms with Crippen LogP contribution in [0.25, 0.3) is 0 Å². The van der Waals surface area contributed by atoms with Crippen LogP contribution in [-0.4, -0.2) is 11.3 Å². The Kier molecular flexibility index (Phi) is 3.80. The molecule has 3 unspecified atom stereocenters. The third-order valence-corrected chi connectivity index (χ3v) is 5.46. The summed E-state index contributed by atoms with van der Waals surface area (Å²) in [6.07, 6.45) is 7.49. The molecule has 0 bridgehead atoms. The quantitative estimate of drug-likeness (QED) is 0.639. The Hall–Kier alpha value is -0.140. The summed E-state index contributed by atoms with van der Waals surface area (Å²) in [7, 11) is 0. The van der Waals surface area contributed by atoms with Gasteiger partial charge in [-0.05, 0) is 31.6 Å². The van der Waals surface area contributed by atoms with Gasteiger partial charge in [-0.15, -0.1) is 0 Å².